The van der Waals surface area contributed by atoms with Gasteiger partial charge in [-0.1, -0.05) is 25.6 Å². The number of aromatic nitrogens is 3. The van der Waals surface area contributed by atoms with Crippen molar-refractivity contribution in [2.45, 2.75) is 56.5 Å². The molecule has 1 aromatic heterocycles. The Morgan fingerprint density at radius 1 is 1.19 bits per heavy atom. The monoisotopic (exact) mass is 492 g/mol. The van der Waals surface area contributed by atoms with Crippen molar-refractivity contribution in [2.75, 3.05) is 37.4 Å². The van der Waals surface area contributed by atoms with E-state index in [1.54, 1.807) is 0 Å². The lowest BCUT2D eigenvalue weighted by Crippen LogP contribution is -2.38. The van der Waals surface area contributed by atoms with Crippen LogP contribution in [-0.2, 0) is 10.2 Å². The number of primary amides is 1. The number of piperidine rings is 1. The number of carbonyl (C=O) groups is 2. The Morgan fingerprint density at radius 2 is 1.89 bits per heavy atom. The molecule has 4 rings (SSSR count). The number of likely N-dealkylation sites (tertiary alicyclic amines) is 1. The first-order valence-corrected chi connectivity index (χ1v) is 12.4. The maximum Gasteiger partial charge on any atom is 0.273 e. The van der Waals surface area contributed by atoms with E-state index in [2.05, 4.69) is 63.4 Å². The highest BCUT2D eigenvalue weighted by atomic mass is 16.2. The summed E-state index contributed by atoms with van der Waals surface area (Å²) in [4.78, 5) is 32.6. The number of nitrogens with two attached hydrogens (primary N) is 1. The molecule has 2 heterocycles. The maximum absolute atomic E-state index is 12.0. The Labute approximate surface area is 212 Å². The lowest BCUT2D eigenvalue weighted by atomic mass is 9.74. The molecule has 2 aromatic rings. The van der Waals surface area contributed by atoms with Gasteiger partial charge in [-0.05, 0) is 81.4 Å². The fraction of sp³-hybridized carbons (Fsp3) is 0.500. The van der Waals surface area contributed by atoms with E-state index in [4.69, 9.17) is 5.73 Å². The maximum atomic E-state index is 12.0. The smallest absolute Gasteiger partial charge is 0.273 e. The number of carbonyl (C=O) groups excluding carboxylic acids is 2. The number of anilines is 3. The summed E-state index contributed by atoms with van der Waals surface area (Å²) in [5.41, 5.74) is 7.79. The van der Waals surface area contributed by atoms with Crippen LogP contribution >= 0.6 is 0 Å². The molecule has 1 saturated carbocycles. The number of nitrogens with zero attached hydrogens (tertiary/aromatic N) is 5. The summed E-state index contributed by atoms with van der Waals surface area (Å²) in [6.45, 7) is 8.00. The van der Waals surface area contributed by atoms with Crippen molar-refractivity contribution in [3.05, 3.63) is 48.2 Å². The van der Waals surface area contributed by atoms with E-state index in [0.29, 0.717) is 5.95 Å². The van der Waals surface area contributed by atoms with Crippen LogP contribution in [-0.4, -0.2) is 71.2 Å². The second kappa shape index (κ2) is 10.6. The molecule has 2 aliphatic rings. The molecule has 192 valence electrons. The minimum Gasteiger partial charge on any atom is -0.364 e. The summed E-state index contributed by atoms with van der Waals surface area (Å²) in [7, 11) is 4.06. The van der Waals surface area contributed by atoms with Gasteiger partial charge < -0.3 is 26.2 Å². The molecular weight excluding hydrogens is 456 g/mol. The number of amides is 2. The van der Waals surface area contributed by atoms with Gasteiger partial charge in [0.1, 0.15) is 0 Å². The van der Waals surface area contributed by atoms with Crippen molar-refractivity contribution in [1.82, 2.24) is 25.4 Å². The third kappa shape index (κ3) is 5.64. The van der Waals surface area contributed by atoms with Gasteiger partial charge in [0.05, 0.1) is 0 Å². The Balaban J connectivity index is 1.49. The van der Waals surface area contributed by atoms with Gasteiger partial charge >= 0.3 is 0 Å². The van der Waals surface area contributed by atoms with Gasteiger partial charge in [0.15, 0.2) is 11.5 Å². The number of hydrogen-bond donors (Lipinski definition) is 3. The fourth-order valence-electron chi connectivity index (χ4n) is 5.08. The molecule has 1 aromatic carbocycles. The van der Waals surface area contributed by atoms with Crippen LogP contribution in [0.5, 0.6) is 0 Å². The first kappa shape index (κ1) is 25.6. The zero-order valence-corrected chi connectivity index (χ0v) is 21.3. The minimum atomic E-state index is -0.699. The van der Waals surface area contributed by atoms with Crippen molar-refractivity contribution in [1.29, 1.82) is 0 Å². The van der Waals surface area contributed by atoms with Gasteiger partial charge in [0.2, 0.25) is 11.9 Å². The van der Waals surface area contributed by atoms with Gasteiger partial charge in [0, 0.05) is 24.8 Å². The van der Waals surface area contributed by atoms with E-state index >= 15 is 0 Å². The zero-order chi connectivity index (χ0) is 25.9. The summed E-state index contributed by atoms with van der Waals surface area (Å²) in [5.74, 6) is -0.213. The fourth-order valence-corrected chi connectivity index (χ4v) is 5.08. The average Bonchev–Trinajstić information content (AvgIpc) is 3.34. The molecule has 1 aliphatic heterocycles. The van der Waals surface area contributed by atoms with E-state index in [-0.39, 0.29) is 34.9 Å². The first-order valence-electron chi connectivity index (χ1n) is 12.4. The summed E-state index contributed by atoms with van der Waals surface area (Å²) >= 11 is 0. The van der Waals surface area contributed by atoms with Gasteiger partial charge in [-0.3, -0.25) is 9.59 Å². The Bertz CT molecular complexity index is 1110. The third-order valence-corrected chi connectivity index (χ3v) is 7.64. The summed E-state index contributed by atoms with van der Waals surface area (Å²) < 4.78 is 0. The third-order valence-electron chi connectivity index (χ3n) is 7.64. The van der Waals surface area contributed by atoms with Gasteiger partial charge in [0.25, 0.3) is 5.91 Å². The Morgan fingerprint density at radius 3 is 2.53 bits per heavy atom. The highest BCUT2D eigenvalue weighted by Gasteiger charge is 2.31. The van der Waals surface area contributed by atoms with Crippen molar-refractivity contribution >= 4 is 29.3 Å². The highest BCUT2D eigenvalue weighted by Crippen LogP contribution is 2.35. The average molecular weight is 493 g/mol. The van der Waals surface area contributed by atoms with Crippen LogP contribution in [0.1, 0.15) is 55.1 Å². The molecule has 10 nitrogen and oxygen atoms in total. The predicted octanol–water partition coefficient (Wildman–Crippen LogP) is 2.36. The van der Waals surface area contributed by atoms with Gasteiger partial charge in [-0.2, -0.15) is 4.98 Å². The molecule has 2 atom stereocenters. The zero-order valence-electron chi connectivity index (χ0n) is 21.3. The second-order valence-corrected chi connectivity index (χ2v) is 10.2. The topological polar surface area (TPSA) is 129 Å². The highest BCUT2D eigenvalue weighted by molar-refractivity contribution is 5.96. The number of nitrogens with one attached hydrogen (secondary N) is 2. The predicted molar refractivity (Wildman–Crippen MR) is 140 cm³/mol. The van der Waals surface area contributed by atoms with Crippen LogP contribution in [0.25, 0.3) is 0 Å². The first-order chi connectivity index (χ1) is 17.2. The quantitative estimate of drug-likeness (QED) is 0.479. The second-order valence-electron chi connectivity index (χ2n) is 10.2. The van der Waals surface area contributed by atoms with Gasteiger partial charge in [-0.25, -0.2) is 0 Å². The number of benzene rings is 1. The van der Waals surface area contributed by atoms with E-state index in [1.165, 1.54) is 11.6 Å². The summed E-state index contributed by atoms with van der Waals surface area (Å²) in [5, 5.41) is 14.4. The summed E-state index contributed by atoms with van der Waals surface area (Å²) in [6.07, 6.45) is 6.01. The van der Waals surface area contributed by atoms with Crippen molar-refractivity contribution in [3.63, 3.8) is 0 Å². The van der Waals surface area contributed by atoms with Gasteiger partial charge in [-0.15, -0.1) is 10.2 Å². The molecule has 0 bridgehead atoms. The number of hydrogen-bond acceptors (Lipinski definition) is 8. The normalized spacial score (nSPS) is 21.5. The molecule has 1 aliphatic carbocycles. The SMILES string of the molecule is C=CC(=O)NC1CC[C@@H](N(C)c2nnc(C(N)=O)c(Nc3ccc(C4(C)CCN(C)CC4)cc3)n2)C1. The summed E-state index contributed by atoms with van der Waals surface area (Å²) in [6, 6.07) is 8.47. The van der Waals surface area contributed by atoms with Crippen LogP contribution in [0.15, 0.2) is 36.9 Å². The molecular formula is C26H36N8O2. The lowest BCUT2D eigenvalue weighted by molar-refractivity contribution is -0.117. The van der Waals surface area contributed by atoms with E-state index < -0.39 is 5.91 Å². The Kier molecular flexibility index (Phi) is 7.53. The standard InChI is InChI=1S/C26H36N8O2/c1-5-21(35)28-19-10-11-20(16-19)34(4)25-30-24(22(23(27)36)31-32-25)29-18-8-6-17(7-9-18)26(2)12-14-33(3)15-13-26/h5-9,19-20H,1,10-16H2,2-4H3,(H2,27,36)(H,28,35)(H,29,30,32)/t19?,20-/m1/s1. The Hall–Kier alpha value is -3.53. The van der Waals surface area contributed by atoms with Crippen LogP contribution in [0.3, 0.4) is 0 Å². The van der Waals surface area contributed by atoms with E-state index in [0.717, 1.165) is 50.9 Å². The molecule has 1 unspecified atom stereocenters. The van der Waals surface area contributed by atoms with Crippen LogP contribution in [0.2, 0.25) is 0 Å². The molecule has 4 N–H and O–H groups in total. The van der Waals surface area contributed by atoms with Crippen molar-refractivity contribution in [2.24, 2.45) is 5.73 Å². The molecule has 2 amide bonds. The molecule has 36 heavy (non-hydrogen) atoms. The van der Waals surface area contributed by atoms with Crippen LogP contribution < -0.4 is 21.3 Å². The van der Waals surface area contributed by atoms with Crippen molar-refractivity contribution < 1.29 is 9.59 Å². The molecule has 10 heteroatoms. The number of rotatable bonds is 8. The molecule has 0 spiro atoms. The van der Waals surface area contributed by atoms with Crippen LogP contribution in [0, 0.1) is 0 Å². The molecule has 1 saturated heterocycles. The molecule has 2 fully saturated rings. The lowest BCUT2D eigenvalue weighted by Gasteiger charge is -2.38. The molecule has 0 radical (unpaired) electrons. The van der Waals surface area contributed by atoms with E-state index in [9.17, 15) is 9.59 Å². The minimum absolute atomic E-state index is 0.0129. The largest absolute Gasteiger partial charge is 0.364 e. The van der Waals surface area contributed by atoms with E-state index in [1.807, 2.05) is 24.1 Å². The van der Waals surface area contributed by atoms with Crippen molar-refractivity contribution in [3.8, 4) is 0 Å². The van der Waals surface area contributed by atoms with Crippen LogP contribution in [0.4, 0.5) is 17.5 Å².